The van der Waals surface area contributed by atoms with E-state index in [2.05, 4.69) is 53.3 Å². The highest BCUT2D eigenvalue weighted by atomic mass is 16.1. The summed E-state index contributed by atoms with van der Waals surface area (Å²) in [6.45, 7) is 9.86. The molecule has 1 aliphatic rings. The number of piperidine rings is 1. The molecule has 0 bridgehead atoms. The lowest BCUT2D eigenvalue weighted by atomic mass is 9.90. The summed E-state index contributed by atoms with van der Waals surface area (Å²) in [6, 6.07) is 15.2. The fourth-order valence-corrected chi connectivity index (χ4v) is 5.20. The molecule has 0 radical (unpaired) electrons. The summed E-state index contributed by atoms with van der Waals surface area (Å²) >= 11 is 0. The van der Waals surface area contributed by atoms with Crippen LogP contribution in [-0.4, -0.2) is 33.7 Å². The maximum absolute atomic E-state index is 13.0. The van der Waals surface area contributed by atoms with Gasteiger partial charge >= 0.3 is 0 Å². The Bertz CT molecular complexity index is 1140. The van der Waals surface area contributed by atoms with Gasteiger partial charge in [0.2, 0.25) is 5.95 Å². The number of pyridine rings is 1. The third-order valence-corrected chi connectivity index (χ3v) is 7.43. The van der Waals surface area contributed by atoms with E-state index in [4.69, 9.17) is 4.98 Å². The number of nitrogens with one attached hydrogen (secondary N) is 1. The fraction of sp³-hybridized carbons (Fsp3) is 0.500. The summed E-state index contributed by atoms with van der Waals surface area (Å²) in [5.74, 6) is 1.21. The number of nitrogens with zero attached hydrogens (tertiary/aromatic N) is 4. The second-order valence-corrected chi connectivity index (χ2v) is 9.91. The summed E-state index contributed by atoms with van der Waals surface area (Å²) in [5.41, 5.74) is 4.34. The molecule has 3 aromatic rings. The monoisotopic (exact) mass is 487 g/mol. The van der Waals surface area contributed by atoms with E-state index in [-0.39, 0.29) is 5.56 Å². The van der Waals surface area contributed by atoms with Crippen LogP contribution in [0.3, 0.4) is 0 Å². The van der Waals surface area contributed by atoms with Gasteiger partial charge in [-0.1, -0.05) is 51.0 Å². The smallest absolute Gasteiger partial charge is 0.255 e. The zero-order chi connectivity index (χ0) is 25.3. The number of rotatable bonds is 11. The molecule has 1 saturated heterocycles. The van der Waals surface area contributed by atoms with E-state index in [9.17, 15) is 4.79 Å². The molecular formula is C30H41N5O. The molecule has 2 aromatic heterocycles. The van der Waals surface area contributed by atoms with Gasteiger partial charge in [-0.25, -0.2) is 4.98 Å². The molecule has 6 nitrogen and oxygen atoms in total. The molecule has 0 saturated carbocycles. The highest BCUT2D eigenvalue weighted by Crippen LogP contribution is 2.30. The van der Waals surface area contributed by atoms with Crippen LogP contribution < -0.4 is 15.8 Å². The van der Waals surface area contributed by atoms with E-state index in [0.29, 0.717) is 24.2 Å². The number of benzene rings is 1. The van der Waals surface area contributed by atoms with E-state index in [1.54, 1.807) is 23.0 Å². The highest BCUT2D eigenvalue weighted by Gasteiger charge is 2.25. The first-order chi connectivity index (χ1) is 17.6. The largest absolute Gasteiger partial charge is 0.342 e. The Kier molecular flexibility index (Phi) is 9.29. The van der Waals surface area contributed by atoms with Gasteiger partial charge in [-0.05, 0) is 55.9 Å². The standard InChI is InChI=1S/C30H41N5O/c1-4-7-10-27(5-2)32-21-23-11-13-24(14-12-23)26-9-8-19-34(22-26)30-33-28(20-29(36)35(30)6-3)25-15-17-31-18-16-25/h11-18,20,26-27,32H,4-10,19,21-22H2,1-3H3. The molecule has 0 amide bonds. The van der Waals surface area contributed by atoms with Crippen molar-refractivity contribution in [3.8, 4) is 11.3 Å². The molecular weight excluding hydrogens is 446 g/mol. The predicted octanol–water partition coefficient (Wildman–Crippen LogP) is 5.77. The van der Waals surface area contributed by atoms with Crippen LogP contribution >= 0.6 is 0 Å². The summed E-state index contributed by atoms with van der Waals surface area (Å²) in [4.78, 5) is 24.3. The van der Waals surface area contributed by atoms with Gasteiger partial charge in [-0.15, -0.1) is 0 Å². The lowest BCUT2D eigenvalue weighted by Crippen LogP contribution is -2.39. The van der Waals surface area contributed by atoms with Crippen molar-refractivity contribution in [1.82, 2.24) is 19.9 Å². The average Bonchev–Trinajstić information content (AvgIpc) is 2.93. The van der Waals surface area contributed by atoms with E-state index < -0.39 is 0 Å². The Morgan fingerprint density at radius 1 is 1.08 bits per heavy atom. The zero-order valence-corrected chi connectivity index (χ0v) is 22.1. The molecule has 192 valence electrons. The Morgan fingerprint density at radius 3 is 2.56 bits per heavy atom. The average molecular weight is 488 g/mol. The van der Waals surface area contributed by atoms with Gasteiger partial charge in [0.25, 0.3) is 5.56 Å². The number of anilines is 1. The van der Waals surface area contributed by atoms with E-state index in [1.807, 2.05) is 19.1 Å². The molecule has 1 N–H and O–H groups in total. The number of unbranched alkanes of at least 4 members (excludes halogenated alkanes) is 1. The minimum absolute atomic E-state index is 0.00221. The maximum Gasteiger partial charge on any atom is 0.255 e. The zero-order valence-electron chi connectivity index (χ0n) is 22.1. The van der Waals surface area contributed by atoms with Crippen molar-refractivity contribution >= 4 is 5.95 Å². The number of aromatic nitrogens is 3. The maximum atomic E-state index is 13.0. The Morgan fingerprint density at radius 2 is 1.86 bits per heavy atom. The van der Waals surface area contributed by atoms with E-state index in [1.165, 1.54) is 36.8 Å². The Balaban J connectivity index is 1.48. The molecule has 4 rings (SSSR count). The van der Waals surface area contributed by atoms with Crippen molar-refractivity contribution in [3.05, 3.63) is 76.3 Å². The van der Waals surface area contributed by atoms with Gasteiger partial charge in [0.1, 0.15) is 0 Å². The molecule has 1 aromatic carbocycles. The van der Waals surface area contributed by atoms with Crippen LogP contribution in [0.15, 0.2) is 59.7 Å². The third kappa shape index (κ3) is 6.41. The van der Waals surface area contributed by atoms with Gasteiger partial charge in [0.05, 0.1) is 5.69 Å². The summed E-state index contributed by atoms with van der Waals surface area (Å²) in [7, 11) is 0. The van der Waals surface area contributed by atoms with Gasteiger partial charge in [-0.2, -0.15) is 0 Å². The second kappa shape index (κ2) is 12.8. The van der Waals surface area contributed by atoms with Crippen molar-refractivity contribution in [1.29, 1.82) is 0 Å². The second-order valence-electron chi connectivity index (χ2n) is 9.91. The molecule has 0 spiro atoms. The summed E-state index contributed by atoms with van der Waals surface area (Å²) < 4.78 is 1.80. The van der Waals surface area contributed by atoms with Crippen LogP contribution in [-0.2, 0) is 13.1 Å². The molecule has 0 aliphatic carbocycles. The number of hydrogen-bond donors (Lipinski definition) is 1. The highest BCUT2D eigenvalue weighted by molar-refractivity contribution is 5.59. The van der Waals surface area contributed by atoms with Gasteiger partial charge in [0, 0.05) is 62.2 Å². The molecule has 2 atom stereocenters. The minimum atomic E-state index is -0.00221. The normalized spacial score (nSPS) is 16.8. The van der Waals surface area contributed by atoms with Crippen LogP contribution in [0.2, 0.25) is 0 Å². The van der Waals surface area contributed by atoms with Crippen molar-refractivity contribution in [2.75, 3.05) is 18.0 Å². The van der Waals surface area contributed by atoms with Crippen LogP contribution in [0.5, 0.6) is 0 Å². The molecule has 3 heterocycles. The molecule has 36 heavy (non-hydrogen) atoms. The van der Waals surface area contributed by atoms with Crippen molar-refractivity contribution in [2.24, 2.45) is 0 Å². The lowest BCUT2D eigenvalue weighted by molar-refractivity contribution is 0.452. The number of hydrogen-bond acceptors (Lipinski definition) is 5. The van der Waals surface area contributed by atoms with E-state index >= 15 is 0 Å². The first-order valence-electron chi connectivity index (χ1n) is 13.7. The lowest BCUT2D eigenvalue weighted by Gasteiger charge is -2.35. The van der Waals surface area contributed by atoms with Crippen molar-refractivity contribution < 1.29 is 0 Å². The fourth-order valence-electron chi connectivity index (χ4n) is 5.20. The van der Waals surface area contributed by atoms with Crippen LogP contribution in [0.25, 0.3) is 11.3 Å². The van der Waals surface area contributed by atoms with Crippen molar-refractivity contribution in [3.63, 3.8) is 0 Å². The molecule has 6 heteroatoms. The first-order valence-corrected chi connectivity index (χ1v) is 13.7. The summed E-state index contributed by atoms with van der Waals surface area (Å²) in [5, 5.41) is 3.73. The SMILES string of the molecule is CCCCC(CC)NCc1ccc(C2CCCN(c3nc(-c4ccncc4)cc(=O)n3CC)C2)cc1. The van der Waals surface area contributed by atoms with Crippen LogP contribution in [0.4, 0.5) is 5.95 Å². The quantitative estimate of drug-likeness (QED) is 0.372. The van der Waals surface area contributed by atoms with Gasteiger partial charge < -0.3 is 10.2 Å². The molecule has 1 aliphatic heterocycles. The Hall–Kier alpha value is -2.99. The van der Waals surface area contributed by atoms with Gasteiger partial charge in [0.15, 0.2) is 0 Å². The van der Waals surface area contributed by atoms with Gasteiger partial charge in [-0.3, -0.25) is 14.3 Å². The molecule has 1 fully saturated rings. The Labute approximate surface area is 215 Å². The van der Waals surface area contributed by atoms with Crippen LogP contribution in [0, 0.1) is 0 Å². The topological polar surface area (TPSA) is 63.0 Å². The predicted molar refractivity (Wildman–Crippen MR) is 148 cm³/mol. The van der Waals surface area contributed by atoms with Crippen LogP contribution in [0.1, 0.15) is 76.3 Å². The third-order valence-electron chi connectivity index (χ3n) is 7.43. The molecule has 2 unspecified atom stereocenters. The van der Waals surface area contributed by atoms with Crippen molar-refractivity contribution in [2.45, 2.75) is 84.3 Å². The summed E-state index contributed by atoms with van der Waals surface area (Å²) in [6.07, 6.45) is 10.7. The van der Waals surface area contributed by atoms with E-state index in [0.717, 1.165) is 44.0 Å². The minimum Gasteiger partial charge on any atom is -0.342 e. The first kappa shape index (κ1) is 26.1.